The summed E-state index contributed by atoms with van der Waals surface area (Å²) in [4.78, 5) is 0. The lowest BCUT2D eigenvalue weighted by atomic mass is 10.1. The van der Waals surface area contributed by atoms with Gasteiger partial charge in [0.15, 0.2) is 9.76 Å². The highest BCUT2D eigenvalue weighted by Gasteiger charge is 2.10. The predicted molar refractivity (Wildman–Crippen MR) is 87.6 cm³/mol. The largest absolute Gasteiger partial charge is 0.421 e. The van der Waals surface area contributed by atoms with Crippen LogP contribution >= 0.6 is 0 Å². The quantitative estimate of drug-likeness (QED) is 0.368. The van der Waals surface area contributed by atoms with Gasteiger partial charge in [-0.05, 0) is 11.5 Å². The number of ether oxygens (including phenoxy) is 1. The topological polar surface area (TPSA) is 18.5 Å². The molecule has 116 valence electrons. The standard InChI is InChI=1S/C16H36O2Si/c1-5-6-7-8-9-10-11-12-13-17-14-15-18-19-16(2,3)4/h5-15,19H2,1-4H3. The number of rotatable bonds is 13. The Morgan fingerprint density at radius 2 is 1.32 bits per heavy atom. The maximum atomic E-state index is 5.69. The smallest absolute Gasteiger partial charge is 0.166 e. The molecule has 19 heavy (non-hydrogen) atoms. The highest BCUT2D eigenvalue weighted by atomic mass is 28.2. The van der Waals surface area contributed by atoms with Crippen molar-refractivity contribution in [3.05, 3.63) is 0 Å². The SMILES string of the molecule is CCCCCCCCCCOCCO[SiH2]C(C)(C)C. The van der Waals surface area contributed by atoms with Crippen molar-refractivity contribution in [2.75, 3.05) is 19.8 Å². The van der Waals surface area contributed by atoms with Gasteiger partial charge in [0, 0.05) is 6.61 Å². The van der Waals surface area contributed by atoms with Gasteiger partial charge in [-0.3, -0.25) is 0 Å². The highest BCUT2D eigenvalue weighted by molar-refractivity contribution is 6.31. The fourth-order valence-electron chi connectivity index (χ4n) is 1.94. The Kier molecular flexibility index (Phi) is 13.2. The summed E-state index contributed by atoms with van der Waals surface area (Å²) < 4.78 is 11.3. The molecule has 0 radical (unpaired) electrons. The highest BCUT2D eigenvalue weighted by Crippen LogP contribution is 2.19. The lowest BCUT2D eigenvalue weighted by Gasteiger charge is -2.16. The fraction of sp³-hybridized carbons (Fsp3) is 1.00. The van der Waals surface area contributed by atoms with Gasteiger partial charge in [0.1, 0.15) is 0 Å². The maximum absolute atomic E-state index is 5.69. The van der Waals surface area contributed by atoms with Gasteiger partial charge in [-0.25, -0.2) is 0 Å². The lowest BCUT2D eigenvalue weighted by Crippen LogP contribution is -2.15. The van der Waals surface area contributed by atoms with Crippen LogP contribution in [0.4, 0.5) is 0 Å². The van der Waals surface area contributed by atoms with Crippen LogP contribution in [0.1, 0.15) is 79.1 Å². The second kappa shape index (κ2) is 13.1. The van der Waals surface area contributed by atoms with E-state index < -0.39 is 0 Å². The van der Waals surface area contributed by atoms with E-state index >= 15 is 0 Å². The molecular weight excluding hydrogens is 252 g/mol. The zero-order valence-electron chi connectivity index (χ0n) is 13.8. The molecule has 0 atom stereocenters. The normalized spacial score (nSPS) is 12.6. The number of unbranched alkanes of at least 4 members (excludes halogenated alkanes) is 7. The van der Waals surface area contributed by atoms with Crippen LogP contribution in [0.15, 0.2) is 0 Å². The van der Waals surface area contributed by atoms with Crippen molar-refractivity contribution < 1.29 is 9.16 Å². The summed E-state index contributed by atoms with van der Waals surface area (Å²) in [5.74, 6) is 0. The monoisotopic (exact) mass is 288 g/mol. The molecule has 0 aromatic rings. The molecule has 0 heterocycles. The molecule has 0 amide bonds. The van der Waals surface area contributed by atoms with Crippen LogP contribution < -0.4 is 0 Å². The Bertz CT molecular complexity index is 178. The molecule has 0 bridgehead atoms. The molecule has 0 aromatic carbocycles. The molecule has 0 N–H and O–H groups in total. The third kappa shape index (κ3) is 18.1. The van der Waals surface area contributed by atoms with Gasteiger partial charge in [0.2, 0.25) is 0 Å². The lowest BCUT2D eigenvalue weighted by molar-refractivity contribution is 0.0972. The molecule has 0 aliphatic carbocycles. The first-order valence-corrected chi connectivity index (χ1v) is 9.50. The van der Waals surface area contributed by atoms with Crippen molar-refractivity contribution in [2.45, 2.75) is 84.1 Å². The van der Waals surface area contributed by atoms with Gasteiger partial charge in [0.25, 0.3) is 0 Å². The van der Waals surface area contributed by atoms with Crippen LogP contribution in [0.5, 0.6) is 0 Å². The molecule has 0 saturated carbocycles. The first kappa shape index (κ1) is 19.1. The van der Waals surface area contributed by atoms with E-state index in [1.54, 1.807) is 0 Å². The molecule has 0 aromatic heterocycles. The molecule has 0 aliphatic heterocycles. The predicted octanol–water partition coefficient (Wildman–Crippen LogP) is 4.46. The average Bonchev–Trinajstić information content (AvgIpc) is 2.34. The van der Waals surface area contributed by atoms with E-state index in [-0.39, 0.29) is 9.76 Å². The zero-order chi connectivity index (χ0) is 14.4. The van der Waals surface area contributed by atoms with Gasteiger partial charge in [-0.1, -0.05) is 72.6 Å². The molecule has 0 unspecified atom stereocenters. The first-order valence-electron chi connectivity index (χ1n) is 8.22. The Morgan fingerprint density at radius 1 is 0.737 bits per heavy atom. The van der Waals surface area contributed by atoms with E-state index in [4.69, 9.17) is 9.16 Å². The van der Waals surface area contributed by atoms with Crippen LogP contribution in [-0.4, -0.2) is 29.6 Å². The van der Waals surface area contributed by atoms with Crippen molar-refractivity contribution in [3.8, 4) is 0 Å². The second-order valence-corrected chi connectivity index (χ2v) is 9.52. The maximum Gasteiger partial charge on any atom is 0.166 e. The van der Waals surface area contributed by atoms with Gasteiger partial charge >= 0.3 is 0 Å². The van der Waals surface area contributed by atoms with Crippen molar-refractivity contribution in [2.24, 2.45) is 0 Å². The van der Waals surface area contributed by atoms with E-state index in [0.29, 0.717) is 5.04 Å². The molecule has 0 saturated heterocycles. The Labute approximate surface area is 123 Å². The third-order valence-corrected chi connectivity index (χ3v) is 4.41. The third-order valence-electron chi connectivity index (χ3n) is 3.05. The summed E-state index contributed by atoms with van der Waals surface area (Å²) in [6.07, 6.45) is 10.9. The Balaban J connectivity index is 2.99. The van der Waals surface area contributed by atoms with E-state index in [1.807, 2.05) is 0 Å². The van der Waals surface area contributed by atoms with E-state index in [0.717, 1.165) is 19.8 Å². The summed E-state index contributed by atoms with van der Waals surface area (Å²) in [5, 5.41) is 0.401. The Morgan fingerprint density at radius 3 is 1.89 bits per heavy atom. The number of hydrogen-bond donors (Lipinski definition) is 0. The fourth-order valence-corrected chi connectivity index (χ4v) is 2.81. The molecule has 0 aliphatic rings. The van der Waals surface area contributed by atoms with E-state index in [1.165, 1.54) is 51.4 Å². The molecular formula is C16H36O2Si. The summed E-state index contributed by atoms with van der Waals surface area (Å²) in [5.41, 5.74) is 0. The van der Waals surface area contributed by atoms with Crippen LogP contribution in [0.2, 0.25) is 5.04 Å². The average molecular weight is 289 g/mol. The Hall–Kier alpha value is 0.137. The molecule has 0 spiro atoms. The van der Waals surface area contributed by atoms with Gasteiger partial charge in [-0.15, -0.1) is 0 Å². The van der Waals surface area contributed by atoms with Crippen LogP contribution in [0.25, 0.3) is 0 Å². The van der Waals surface area contributed by atoms with E-state index in [2.05, 4.69) is 27.7 Å². The van der Waals surface area contributed by atoms with Crippen molar-refractivity contribution in [1.29, 1.82) is 0 Å². The first-order chi connectivity index (χ1) is 9.06. The summed E-state index contributed by atoms with van der Waals surface area (Å²) >= 11 is 0. The summed E-state index contributed by atoms with van der Waals surface area (Å²) in [6.45, 7) is 11.5. The van der Waals surface area contributed by atoms with Crippen LogP contribution in [0.3, 0.4) is 0 Å². The summed E-state index contributed by atoms with van der Waals surface area (Å²) in [7, 11) is -0.388. The van der Waals surface area contributed by atoms with Crippen molar-refractivity contribution in [3.63, 3.8) is 0 Å². The van der Waals surface area contributed by atoms with Gasteiger partial charge < -0.3 is 9.16 Å². The minimum atomic E-state index is -0.388. The molecule has 3 heteroatoms. The van der Waals surface area contributed by atoms with Crippen LogP contribution in [0, 0.1) is 0 Å². The van der Waals surface area contributed by atoms with Crippen molar-refractivity contribution >= 4 is 9.76 Å². The molecule has 0 fully saturated rings. The van der Waals surface area contributed by atoms with Gasteiger partial charge in [-0.2, -0.15) is 0 Å². The zero-order valence-corrected chi connectivity index (χ0v) is 15.2. The van der Waals surface area contributed by atoms with Crippen LogP contribution in [-0.2, 0) is 9.16 Å². The minimum Gasteiger partial charge on any atom is -0.421 e. The molecule has 2 nitrogen and oxygen atoms in total. The second-order valence-electron chi connectivity index (χ2n) is 6.70. The minimum absolute atomic E-state index is 0.388. The number of hydrogen-bond acceptors (Lipinski definition) is 2. The van der Waals surface area contributed by atoms with Crippen molar-refractivity contribution in [1.82, 2.24) is 0 Å². The molecule has 0 rings (SSSR count). The van der Waals surface area contributed by atoms with E-state index in [9.17, 15) is 0 Å². The summed E-state index contributed by atoms with van der Waals surface area (Å²) in [6, 6.07) is 0. The van der Waals surface area contributed by atoms with Gasteiger partial charge in [0.05, 0.1) is 13.2 Å².